The number of aromatic nitrogens is 4. The van der Waals surface area contributed by atoms with Gasteiger partial charge in [-0.2, -0.15) is 9.40 Å². The first kappa shape index (κ1) is 16.2. The molecule has 0 bridgehead atoms. The van der Waals surface area contributed by atoms with E-state index in [0.29, 0.717) is 24.7 Å². The van der Waals surface area contributed by atoms with Gasteiger partial charge in [-0.1, -0.05) is 5.16 Å². The number of nitrogens with zero attached hydrogens (tertiary/aromatic N) is 5. The third kappa shape index (κ3) is 2.73. The quantitative estimate of drug-likeness (QED) is 0.707. The van der Waals surface area contributed by atoms with Crippen molar-refractivity contribution in [2.24, 2.45) is 0 Å². The average molecular weight is 361 g/mol. The highest BCUT2D eigenvalue weighted by molar-refractivity contribution is 7.89. The molecule has 0 aliphatic carbocycles. The number of hydrogen-bond acceptors (Lipinski definition) is 6. The first-order valence-electron chi connectivity index (χ1n) is 8.18. The highest BCUT2D eigenvalue weighted by Gasteiger charge is 2.32. The number of pyridine rings is 1. The van der Waals surface area contributed by atoms with Gasteiger partial charge in [0, 0.05) is 19.3 Å². The van der Waals surface area contributed by atoms with Crippen LogP contribution in [0.15, 0.2) is 34.3 Å². The van der Waals surface area contributed by atoms with Gasteiger partial charge in [-0.05, 0) is 49.8 Å². The van der Waals surface area contributed by atoms with Crippen LogP contribution in [0.25, 0.3) is 5.65 Å². The van der Waals surface area contributed by atoms with Gasteiger partial charge in [-0.25, -0.2) is 17.9 Å². The highest BCUT2D eigenvalue weighted by atomic mass is 32.2. The molecule has 4 rings (SSSR count). The Bertz CT molecular complexity index is 1020. The van der Waals surface area contributed by atoms with E-state index >= 15 is 0 Å². The molecule has 0 amide bonds. The average Bonchev–Trinajstić information content (AvgIpc) is 3.22. The van der Waals surface area contributed by atoms with Gasteiger partial charge in [0.1, 0.15) is 23.2 Å². The summed E-state index contributed by atoms with van der Waals surface area (Å²) in [6.07, 6.45) is 6.29. The van der Waals surface area contributed by atoms with E-state index in [-0.39, 0.29) is 4.90 Å². The summed E-state index contributed by atoms with van der Waals surface area (Å²) in [5, 5.41) is 7.87. The second-order valence-corrected chi connectivity index (χ2v) is 8.32. The molecular formula is C16H19N5O3S. The lowest BCUT2D eigenvalue weighted by Gasteiger charge is -2.31. The number of piperidine rings is 1. The van der Waals surface area contributed by atoms with Crippen molar-refractivity contribution in [2.45, 2.75) is 37.5 Å². The molecule has 0 spiro atoms. The van der Waals surface area contributed by atoms with Crippen molar-refractivity contribution in [1.82, 2.24) is 24.1 Å². The summed E-state index contributed by atoms with van der Waals surface area (Å²) in [7, 11) is -3.54. The summed E-state index contributed by atoms with van der Waals surface area (Å²) >= 11 is 0. The van der Waals surface area contributed by atoms with Gasteiger partial charge in [0.15, 0.2) is 5.65 Å². The zero-order valence-electron chi connectivity index (χ0n) is 14.1. The van der Waals surface area contributed by atoms with Gasteiger partial charge in [0.05, 0.1) is 0 Å². The summed E-state index contributed by atoms with van der Waals surface area (Å²) in [6, 6.07) is 2.02. The van der Waals surface area contributed by atoms with Crippen LogP contribution in [0, 0.1) is 13.8 Å². The minimum atomic E-state index is -3.54. The molecule has 0 unspecified atom stereocenters. The summed E-state index contributed by atoms with van der Waals surface area (Å²) < 4.78 is 33.5. The maximum absolute atomic E-state index is 12.7. The maximum Gasteiger partial charge on any atom is 0.248 e. The molecule has 0 N–H and O–H groups in total. The lowest BCUT2D eigenvalue weighted by Crippen LogP contribution is -2.38. The van der Waals surface area contributed by atoms with Crippen molar-refractivity contribution in [2.75, 3.05) is 13.1 Å². The minimum absolute atomic E-state index is 0.158. The van der Waals surface area contributed by atoms with Gasteiger partial charge in [-0.3, -0.25) is 0 Å². The Kier molecular flexibility index (Phi) is 3.84. The van der Waals surface area contributed by atoms with Gasteiger partial charge < -0.3 is 4.52 Å². The molecule has 0 radical (unpaired) electrons. The van der Waals surface area contributed by atoms with E-state index in [1.54, 1.807) is 11.4 Å². The predicted octanol–water partition coefficient (Wildman–Crippen LogP) is 1.90. The molecule has 4 heterocycles. The molecule has 8 nitrogen and oxygen atoms in total. The maximum atomic E-state index is 12.7. The van der Waals surface area contributed by atoms with Crippen LogP contribution >= 0.6 is 0 Å². The standard InChI is InChI=1S/C16H19N5O3S/c1-11-7-16-17-10-18-21(16)8-14(11)13-3-5-20(6-4-13)25(22,23)15-9-24-19-12(15)2/h7-10,13H,3-6H2,1-2H3. The smallest absolute Gasteiger partial charge is 0.248 e. The number of fused-ring (bicyclic) bond motifs is 1. The van der Waals surface area contributed by atoms with Gasteiger partial charge in [0.25, 0.3) is 0 Å². The van der Waals surface area contributed by atoms with Crippen LogP contribution in [0.5, 0.6) is 0 Å². The van der Waals surface area contributed by atoms with E-state index in [4.69, 9.17) is 4.52 Å². The van der Waals surface area contributed by atoms with Gasteiger partial charge in [-0.15, -0.1) is 0 Å². The Morgan fingerprint density at radius 2 is 2.00 bits per heavy atom. The predicted molar refractivity (Wildman–Crippen MR) is 89.7 cm³/mol. The van der Waals surface area contributed by atoms with Crippen molar-refractivity contribution in [3.05, 3.63) is 41.7 Å². The largest absolute Gasteiger partial charge is 0.363 e. The summed E-state index contributed by atoms with van der Waals surface area (Å²) in [5.41, 5.74) is 3.59. The van der Waals surface area contributed by atoms with E-state index in [1.807, 2.05) is 12.3 Å². The van der Waals surface area contributed by atoms with Crippen molar-refractivity contribution < 1.29 is 12.9 Å². The summed E-state index contributed by atoms with van der Waals surface area (Å²) in [4.78, 5) is 4.35. The fraction of sp³-hybridized carbons (Fsp3) is 0.438. The molecule has 1 fully saturated rings. The van der Waals surface area contributed by atoms with E-state index in [2.05, 4.69) is 22.2 Å². The second kappa shape index (κ2) is 5.92. The molecule has 3 aromatic rings. The highest BCUT2D eigenvalue weighted by Crippen LogP contribution is 2.33. The molecule has 1 aliphatic rings. The monoisotopic (exact) mass is 361 g/mol. The van der Waals surface area contributed by atoms with Crippen LogP contribution in [0.3, 0.4) is 0 Å². The van der Waals surface area contributed by atoms with Crippen molar-refractivity contribution in [3.63, 3.8) is 0 Å². The number of rotatable bonds is 3. The molecule has 9 heteroatoms. The lowest BCUT2D eigenvalue weighted by molar-refractivity contribution is 0.318. The van der Waals surface area contributed by atoms with Crippen molar-refractivity contribution in [3.8, 4) is 0 Å². The van der Waals surface area contributed by atoms with Crippen LogP contribution in [0.4, 0.5) is 0 Å². The lowest BCUT2D eigenvalue weighted by atomic mass is 9.89. The minimum Gasteiger partial charge on any atom is -0.363 e. The van der Waals surface area contributed by atoms with Gasteiger partial charge >= 0.3 is 0 Å². The van der Waals surface area contributed by atoms with E-state index in [0.717, 1.165) is 24.1 Å². The second-order valence-electron chi connectivity index (χ2n) is 6.42. The number of sulfonamides is 1. The summed E-state index contributed by atoms with van der Waals surface area (Å²) in [6.45, 7) is 4.66. The molecule has 1 aliphatic heterocycles. The first-order chi connectivity index (χ1) is 12.0. The Morgan fingerprint density at radius 3 is 2.68 bits per heavy atom. The molecule has 132 valence electrons. The van der Waals surface area contributed by atoms with E-state index in [1.165, 1.54) is 22.5 Å². The molecule has 1 saturated heterocycles. The third-order valence-corrected chi connectivity index (χ3v) is 6.87. The Balaban J connectivity index is 1.55. The van der Waals surface area contributed by atoms with Crippen molar-refractivity contribution >= 4 is 15.7 Å². The molecule has 25 heavy (non-hydrogen) atoms. The SMILES string of the molecule is Cc1cc2ncnn2cc1C1CCN(S(=O)(=O)c2conc2C)CC1. The zero-order valence-corrected chi connectivity index (χ0v) is 14.9. The Morgan fingerprint density at radius 1 is 1.24 bits per heavy atom. The van der Waals surface area contributed by atoms with E-state index < -0.39 is 10.0 Å². The van der Waals surface area contributed by atoms with Crippen LogP contribution < -0.4 is 0 Å². The molecular weight excluding hydrogens is 342 g/mol. The zero-order chi connectivity index (χ0) is 17.6. The third-order valence-electron chi connectivity index (χ3n) is 4.88. The normalized spacial score (nSPS) is 17.4. The molecule has 3 aromatic heterocycles. The van der Waals surface area contributed by atoms with E-state index in [9.17, 15) is 8.42 Å². The first-order valence-corrected chi connectivity index (χ1v) is 9.62. The van der Waals surface area contributed by atoms with Crippen molar-refractivity contribution in [1.29, 1.82) is 0 Å². The van der Waals surface area contributed by atoms with Gasteiger partial charge in [0.2, 0.25) is 10.0 Å². The summed E-state index contributed by atoms with van der Waals surface area (Å²) in [5.74, 6) is 0.309. The molecule has 0 atom stereocenters. The number of aryl methyl sites for hydroxylation is 2. The molecule has 0 aromatic carbocycles. The Labute approximate surface area is 145 Å². The fourth-order valence-corrected chi connectivity index (χ4v) is 5.02. The topological polar surface area (TPSA) is 93.6 Å². The van der Waals surface area contributed by atoms with Crippen LogP contribution in [0.2, 0.25) is 0 Å². The number of hydrogen-bond donors (Lipinski definition) is 0. The Hall–Kier alpha value is -2.26. The fourth-order valence-electron chi connectivity index (χ4n) is 3.48. The molecule has 0 saturated carbocycles. The van der Waals surface area contributed by atoms with Crippen LogP contribution in [-0.4, -0.2) is 45.6 Å². The van der Waals surface area contributed by atoms with Crippen LogP contribution in [0.1, 0.15) is 35.6 Å². The van der Waals surface area contributed by atoms with Crippen LogP contribution in [-0.2, 0) is 10.0 Å².